The summed E-state index contributed by atoms with van der Waals surface area (Å²) in [5, 5.41) is 12.6. The largest absolute Gasteiger partial charge is 0.489 e. The molecule has 20 heavy (non-hydrogen) atoms. The zero-order valence-corrected chi connectivity index (χ0v) is 12.1. The third-order valence-electron chi connectivity index (χ3n) is 3.74. The molecule has 0 aromatic heterocycles. The van der Waals surface area contributed by atoms with Crippen molar-refractivity contribution in [2.24, 2.45) is 5.92 Å². The summed E-state index contributed by atoms with van der Waals surface area (Å²) < 4.78 is 5.73. The lowest BCUT2D eigenvalue weighted by Crippen LogP contribution is -2.39. The SMILES string of the molecule is Cc1ccc(OC(C)CNC(=O)C2CCCC2O)cc1. The first-order valence-corrected chi connectivity index (χ1v) is 7.25. The molecule has 1 aromatic rings. The van der Waals surface area contributed by atoms with Gasteiger partial charge in [0, 0.05) is 0 Å². The normalized spacial score (nSPS) is 23.4. The van der Waals surface area contributed by atoms with E-state index in [0.717, 1.165) is 25.0 Å². The van der Waals surface area contributed by atoms with Gasteiger partial charge in [0.2, 0.25) is 5.91 Å². The number of aliphatic hydroxyl groups excluding tert-OH is 1. The van der Waals surface area contributed by atoms with Crippen molar-refractivity contribution in [2.75, 3.05) is 6.54 Å². The van der Waals surface area contributed by atoms with Gasteiger partial charge in [-0.3, -0.25) is 4.79 Å². The number of aryl methyl sites for hydroxylation is 1. The van der Waals surface area contributed by atoms with Crippen molar-refractivity contribution >= 4 is 5.91 Å². The molecule has 110 valence electrons. The molecule has 2 rings (SSSR count). The molecule has 4 nitrogen and oxygen atoms in total. The molecule has 1 aromatic carbocycles. The van der Waals surface area contributed by atoms with Gasteiger partial charge in [0.1, 0.15) is 11.9 Å². The molecule has 1 aliphatic rings. The molecule has 0 saturated heterocycles. The molecule has 0 heterocycles. The highest BCUT2D eigenvalue weighted by Crippen LogP contribution is 2.25. The van der Waals surface area contributed by atoms with Crippen LogP contribution in [0.4, 0.5) is 0 Å². The van der Waals surface area contributed by atoms with Gasteiger partial charge in [0.05, 0.1) is 18.6 Å². The van der Waals surface area contributed by atoms with E-state index >= 15 is 0 Å². The molecule has 4 heteroatoms. The second kappa shape index (κ2) is 6.75. The Balaban J connectivity index is 1.76. The maximum absolute atomic E-state index is 11.9. The highest BCUT2D eigenvalue weighted by atomic mass is 16.5. The maximum atomic E-state index is 11.9. The minimum absolute atomic E-state index is 0.0608. The first-order chi connectivity index (χ1) is 9.56. The molecular weight excluding hydrogens is 254 g/mol. The molecule has 0 bridgehead atoms. The van der Waals surface area contributed by atoms with Crippen molar-refractivity contribution in [2.45, 2.75) is 45.3 Å². The fourth-order valence-electron chi connectivity index (χ4n) is 2.51. The van der Waals surface area contributed by atoms with Crippen molar-refractivity contribution in [1.29, 1.82) is 0 Å². The third kappa shape index (κ3) is 3.97. The predicted octanol–water partition coefficient (Wildman–Crippen LogP) is 2.04. The number of carbonyl (C=O) groups is 1. The lowest BCUT2D eigenvalue weighted by molar-refractivity contribution is -0.127. The second-order valence-electron chi connectivity index (χ2n) is 5.59. The van der Waals surface area contributed by atoms with Crippen LogP contribution < -0.4 is 10.1 Å². The van der Waals surface area contributed by atoms with E-state index in [2.05, 4.69) is 5.32 Å². The van der Waals surface area contributed by atoms with Crippen LogP contribution >= 0.6 is 0 Å². The Morgan fingerprint density at radius 3 is 2.70 bits per heavy atom. The van der Waals surface area contributed by atoms with Gasteiger partial charge in [-0.1, -0.05) is 17.7 Å². The van der Waals surface area contributed by atoms with Gasteiger partial charge in [-0.05, 0) is 45.2 Å². The van der Waals surface area contributed by atoms with Crippen molar-refractivity contribution in [1.82, 2.24) is 5.32 Å². The Kier molecular flexibility index (Phi) is 5.01. The minimum Gasteiger partial charge on any atom is -0.489 e. The number of nitrogens with one attached hydrogen (secondary N) is 1. The molecule has 0 radical (unpaired) electrons. The third-order valence-corrected chi connectivity index (χ3v) is 3.74. The van der Waals surface area contributed by atoms with E-state index in [-0.39, 0.29) is 17.9 Å². The lowest BCUT2D eigenvalue weighted by Gasteiger charge is -2.18. The zero-order valence-electron chi connectivity index (χ0n) is 12.1. The molecule has 2 N–H and O–H groups in total. The van der Waals surface area contributed by atoms with Crippen LogP contribution in [0.5, 0.6) is 5.75 Å². The highest BCUT2D eigenvalue weighted by molar-refractivity contribution is 5.79. The van der Waals surface area contributed by atoms with Gasteiger partial charge >= 0.3 is 0 Å². The number of amides is 1. The van der Waals surface area contributed by atoms with Crippen molar-refractivity contribution < 1.29 is 14.6 Å². The fourth-order valence-corrected chi connectivity index (χ4v) is 2.51. The predicted molar refractivity (Wildman–Crippen MR) is 77.6 cm³/mol. The monoisotopic (exact) mass is 277 g/mol. The van der Waals surface area contributed by atoms with Crippen molar-refractivity contribution in [3.63, 3.8) is 0 Å². The smallest absolute Gasteiger partial charge is 0.225 e. The van der Waals surface area contributed by atoms with Gasteiger partial charge in [0.25, 0.3) is 0 Å². The number of hydrogen-bond donors (Lipinski definition) is 2. The van der Waals surface area contributed by atoms with Crippen LogP contribution in [0.1, 0.15) is 31.7 Å². The standard InChI is InChI=1S/C16H23NO3/c1-11-6-8-13(9-7-11)20-12(2)10-17-16(19)14-4-3-5-15(14)18/h6-9,12,14-15,18H,3-5,10H2,1-2H3,(H,17,19). The van der Waals surface area contributed by atoms with Gasteiger partial charge in [0.15, 0.2) is 0 Å². The van der Waals surface area contributed by atoms with Crippen LogP contribution in [0.2, 0.25) is 0 Å². The van der Waals surface area contributed by atoms with Gasteiger partial charge in [-0.15, -0.1) is 0 Å². The summed E-state index contributed by atoms with van der Waals surface area (Å²) in [5.41, 5.74) is 1.19. The Morgan fingerprint density at radius 1 is 1.40 bits per heavy atom. The van der Waals surface area contributed by atoms with Gasteiger partial charge in [-0.25, -0.2) is 0 Å². The average Bonchev–Trinajstić information content (AvgIpc) is 2.85. The maximum Gasteiger partial charge on any atom is 0.225 e. The van der Waals surface area contributed by atoms with Gasteiger partial charge < -0.3 is 15.2 Å². The van der Waals surface area contributed by atoms with E-state index in [1.54, 1.807) is 0 Å². The molecule has 1 saturated carbocycles. The van der Waals surface area contributed by atoms with Crippen molar-refractivity contribution in [3.05, 3.63) is 29.8 Å². The quantitative estimate of drug-likeness (QED) is 0.866. The van der Waals surface area contributed by atoms with E-state index in [1.165, 1.54) is 5.56 Å². The Hall–Kier alpha value is -1.55. The molecule has 0 spiro atoms. The molecule has 0 aliphatic heterocycles. The summed E-state index contributed by atoms with van der Waals surface area (Å²) in [6.45, 7) is 4.40. The van der Waals surface area contributed by atoms with Crippen LogP contribution in [0.3, 0.4) is 0 Å². The highest BCUT2D eigenvalue weighted by Gasteiger charge is 2.31. The van der Waals surface area contributed by atoms with Crippen LogP contribution in [-0.4, -0.2) is 29.8 Å². The first-order valence-electron chi connectivity index (χ1n) is 7.25. The molecule has 1 amide bonds. The molecule has 3 unspecified atom stereocenters. The number of rotatable bonds is 5. The number of hydrogen-bond acceptors (Lipinski definition) is 3. The van der Waals surface area contributed by atoms with E-state index in [9.17, 15) is 9.90 Å². The van der Waals surface area contributed by atoms with Crippen molar-refractivity contribution in [3.8, 4) is 5.75 Å². The number of carbonyl (C=O) groups excluding carboxylic acids is 1. The van der Waals surface area contributed by atoms with Crippen LogP contribution in [0, 0.1) is 12.8 Å². The molecule has 1 aliphatic carbocycles. The average molecular weight is 277 g/mol. The van der Waals surface area contributed by atoms with E-state index in [0.29, 0.717) is 6.54 Å². The molecule has 3 atom stereocenters. The summed E-state index contributed by atoms with van der Waals surface area (Å²) in [7, 11) is 0. The summed E-state index contributed by atoms with van der Waals surface area (Å²) in [5.74, 6) is 0.495. The summed E-state index contributed by atoms with van der Waals surface area (Å²) in [4.78, 5) is 11.9. The molecular formula is C16H23NO3. The number of benzene rings is 1. The Morgan fingerprint density at radius 2 is 2.10 bits per heavy atom. The summed E-state index contributed by atoms with van der Waals surface area (Å²) >= 11 is 0. The van der Waals surface area contributed by atoms with Gasteiger partial charge in [-0.2, -0.15) is 0 Å². The van der Waals surface area contributed by atoms with Crippen LogP contribution in [0.25, 0.3) is 0 Å². The first kappa shape index (κ1) is 14.9. The number of ether oxygens (including phenoxy) is 1. The summed E-state index contributed by atoms with van der Waals surface area (Å²) in [6, 6.07) is 7.84. The Bertz CT molecular complexity index is 444. The minimum atomic E-state index is -0.483. The fraction of sp³-hybridized carbons (Fsp3) is 0.562. The topological polar surface area (TPSA) is 58.6 Å². The lowest BCUT2D eigenvalue weighted by atomic mass is 10.1. The van der Waals surface area contributed by atoms with E-state index in [4.69, 9.17) is 4.74 Å². The summed E-state index contributed by atoms with van der Waals surface area (Å²) in [6.07, 6.45) is 1.85. The van der Waals surface area contributed by atoms with Crippen LogP contribution in [-0.2, 0) is 4.79 Å². The van der Waals surface area contributed by atoms with E-state index < -0.39 is 6.10 Å². The zero-order chi connectivity index (χ0) is 14.5. The van der Waals surface area contributed by atoms with Crippen LogP contribution in [0.15, 0.2) is 24.3 Å². The van der Waals surface area contributed by atoms with E-state index in [1.807, 2.05) is 38.1 Å². The second-order valence-corrected chi connectivity index (χ2v) is 5.59. The number of aliphatic hydroxyl groups is 1. The molecule has 1 fully saturated rings. The Labute approximate surface area is 120 Å².